The number of rotatable bonds is 4. The molecule has 22 heavy (non-hydrogen) atoms. The average Bonchev–Trinajstić information content (AvgIpc) is 2.56. The molecule has 2 N–H and O–H groups in total. The summed E-state index contributed by atoms with van der Waals surface area (Å²) in [5, 5.41) is 0. The van der Waals surface area contributed by atoms with Crippen LogP contribution in [0.2, 0.25) is 0 Å². The van der Waals surface area contributed by atoms with Crippen molar-refractivity contribution in [2.45, 2.75) is 19.4 Å². The highest BCUT2D eigenvalue weighted by Gasteiger charge is 2.07. The summed E-state index contributed by atoms with van der Waals surface area (Å²) in [6, 6.07) is 21.1. The van der Waals surface area contributed by atoms with E-state index in [4.69, 9.17) is 5.73 Å². The standard InChI is InChI=1S/C20H20N2/c1-15-4-2-5-18(12-15)17-9-7-16(8-10-17)13-20(21)19-6-3-11-22-14-19/h2-12,14,20H,13,21H2,1H3. The van der Waals surface area contributed by atoms with Gasteiger partial charge in [-0.15, -0.1) is 0 Å². The highest BCUT2D eigenvalue weighted by molar-refractivity contribution is 5.64. The molecule has 0 spiro atoms. The SMILES string of the molecule is Cc1cccc(-c2ccc(CC(N)c3cccnc3)cc2)c1. The fourth-order valence-electron chi connectivity index (χ4n) is 2.62. The van der Waals surface area contributed by atoms with E-state index in [1.165, 1.54) is 22.3 Å². The van der Waals surface area contributed by atoms with Crippen molar-refractivity contribution in [3.63, 3.8) is 0 Å². The zero-order chi connectivity index (χ0) is 15.4. The van der Waals surface area contributed by atoms with Crippen LogP contribution < -0.4 is 5.73 Å². The Bertz CT molecular complexity index is 733. The molecule has 1 unspecified atom stereocenters. The average molecular weight is 288 g/mol. The highest BCUT2D eigenvalue weighted by atomic mass is 14.7. The van der Waals surface area contributed by atoms with Crippen LogP contribution in [0.4, 0.5) is 0 Å². The molecule has 1 heterocycles. The summed E-state index contributed by atoms with van der Waals surface area (Å²) < 4.78 is 0. The van der Waals surface area contributed by atoms with E-state index >= 15 is 0 Å². The van der Waals surface area contributed by atoms with Gasteiger partial charge in [0.25, 0.3) is 0 Å². The van der Waals surface area contributed by atoms with Gasteiger partial charge in [-0.3, -0.25) is 4.98 Å². The summed E-state index contributed by atoms with van der Waals surface area (Å²) in [6.45, 7) is 2.12. The first kappa shape index (κ1) is 14.5. The van der Waals surface area contributed by atoms with Crippen molar-refractivity contribution in [3.8, 4) is 11.1 Å². The molecule has 0 aliphatic carbocycles. The van der Waals surface area contributed by atoms with Gasteiger partial charge in [0.1, 0.15) is 0 Å². The van der Waals surface area contributed by atoms with Gasteiger partial charge in [0, 0.05) is 18.4 Å². The van der Waals surface area contributed by atoms with E-state index in [1.54, 1.807) is 6.20 Å². The lowest BCUT2D eigenvalue weighted by molar-refractivity contribution is 0.718. The maximum Gasteiger partial charge on any atom is 0.0351 e. The van der Waals surface area contributed by atoms with Crippen molar-refractivity contribution in [2.24, 2.45) is 5.73 Å². The minimum absolute atomic E-state index is 0.0153. The minimum atomic E-state index is -0.0153. The predicted molar refractivity (Wildman–Crippen MR) is 91.5 cm³/mol. The number of hydrogen-bond donors (Lipinski definition) is 1. The second kappa shape index (κ2) is 6.54. The van der Waals surface area contributed by atoms with Crippen LogP contribution in [-0.4, -0.2) is 4.98 Å². The first-order valence-corrected chi connectivity index (χ1v) is 7.54. The third-order valence-electron chi connectivity index (χ3n) is 3.87. The van der Waals surface area contributed by atoms with E-state index in [2.05, 4.69) is 60.4 Å². The quantitative estimate of drug-likeness (QED) is 0.777. The molecule has 2 nitrogen and oxygen atoms in total. The van der Waals surface area contributed by atoms with Crippen molar-refractivity contribution in [1.82, 2.24) is 4.98 Å². The fraction of sp³-hybridized carbons (Fsp3) is 0.150. The number of hydrogen-bond acceptors (Lipinski definition) is 2. The summed E-state index contributed by atoms with van der Waals surface area (Å²) in [4.78, 5) is 4.13. The van der Waals surface area contributed by atoms with Gasteiger partial charge in [-0.1, -0.05) is 60.2 Å². The maximum absolute atomic E-state index is 6.26. The Hall–Kier alpha value is -2.45. The van der Waals surface area contributed by atoms with Crippen LogP contribution in [0.25, 0.3) is 11.1 Å². The van der Waals surface area contributed by atoms with E-state index < -0.39 is 0 Å². The zero-order valence-electron chi connectivity index (χ0n) is 12.7. The van der Waals surface area contributed by atoms with Crippen molar-refractivity contribution in [2.75, 3.05) is 0 Å². The molecule has 0 saturated carbocycles. The van der Waals surface area contributed by atoms with E-state index in [-0.39, 0.29) is 6.04 Å². The Kier molecular flexibility index (Phi) is 4.31. The van der Waals surface area contributed by atoms with Gasteiger partial charge in [-0.05, 0) is 41.7 Å². The number of aromatic nitrogens is 1. The molecule has 3 aromatic rings. The first-order valence-electron chi connectivity index (χ1n) is 7.54. The number of benzene rings is 2. The summed E-state index contributed by atoms with van der Waals surface area (Å²) in [6.07, 6.45) is 4.43. The smallest absolute Gasteiger partial charge is 0.0351 e. The Labute approximate surface area is 131 Å². The maximum atomic E-state index is 6.26. The molecule has 0 bridgehead atoms. The van der Waals surface area contributed by atoms with Gasteiger partial charge in [-0.2, -0.15) is 0 Å². The van der Waals surface area contributed by atoms with E-state index in [1.807, 2.05) is 18.3 Å². The Morgan fingerprint density at radius 3 is 2.45 bits per heavy atom. The summed E-state index contributed by atoms with van der Waals surface area (Å²) >= 11 is 0. The Morgan fingerprint density at radius 1 is 0.955 bits per heavy atom. The monoisotopic (exact) mass is 288 g/mol. The normalized spacial score (nSPS) is 12.1. The number of nitrogens with two attached hydrogens (primary N) is 1. The minimum Gasteiger partial charge on any atom is -0.324 e. The topological polar surface area (TPSA) is 38.9 Å². The molecule has 2 aromatic carbocycles. The lowest BCUT2D eigenvalue weighted by Crippen LogP contribution is -2.13. The molecule has 3 rings (SSSR count). The highest BCUT2D eigenvalue weighted by Crippen LogP contribution is 2.22. The molecule has 0 saturated heterocycles. The lowest BCUT2D eigenvalue weighted by atomic mass is 9.98. The third kappa shape index (κ3) is 3.41. The van der Waals surface area contributed by atoms with Crippen LogP contribution in [0.5, 0.6) is 0 Å². The molecule has 1 aromatic heterocycles. The van der Waals surface area contributed by atoms with Crippen LogP contribution in [0, 0.1) is 6.92 Å². The van der Waals surface area contributed by atoms with Crippen molar-refractivity contribution < 1.29 is 0 Å². The predicted octanol–water partition coefficient (Wildman–Crippen LogP) is 4.30. The van der Waals surface area contributed by atoms with E-state index in [0.29, 0.717) is 0 Å². The van der Waals surface area contributed by atoms with Crippen LogP contribution in [0.3, 0.4) is 0 Å². The van der Waals surface area contributed by atoms with E-state index in [0.717, 1.165) is 12.0 Å². The van der Waals surface area contributed by atoms with Gasteiger partial charge in [0.15, 0.2) is 0 Å². The molecule has 0 amide bonds. The molecule has 0 radical (unpaired) electrons. The van der Waals surface area contributed by atoms with Crippen LogP contribution in [0.1, 0.15) is 22.7 Å². The fourth-order valence-corrected chi connectivity index (χ4v) is 2.62. The van der Waals surface area contributed by atoms with Crippen LogP contribution >= 0.6 is 0 Å². The van der Waals surface area contributed by atoms with Crippen molar-refractivity contribution in [1.29, 1.82) is 0 Å². The second-order valence-electron chi connectivity index (χ2n) is 5.66. The third-order valence-corrected chi connectivity index (χ3v) is 3.87. The van der Waals surface area contributed by atoms with Crippen LogP contribution in [0.15, 0.2) is 73.1 Å². The largest absolute Gasteiger partial charge is 0.324 e. The molecular formula is C20H20N2. The Balaban J connectivity index is 1.74. The Morgan fingerprint density at radius 2 is 1.77 bits per heavy atom. The summed E-state index contributed by atoms with van der Waals surface area (Å²) in [5.74, 6) is 0. The number of pyridine rings is 1. The van der Waals surface area contributed by atoms with E-state index in [9.17, 15) is 0 Å². The van der Waals surface area contributed by atoms with Gasteiger partial charge >= 0.3 is 0 Å². The zero-order valence-corrected chi connectivity index (χ0v) is 12.7. The van der Waals surface area contributed by atoms with Gasteiger partial charge < -0.3 is 5.73 Å². The van der Waals surface area contributed by atoms with Crippen molar-refractivity contribution >= 4 is 0 Å². The molecular weight excluding hydrogens is 268 g/mol. The van der Waals surface area contributed by atoms with Gasteiger partial charge in [0.2, 0.25) is 0 Å². The molecule has 110 valence electrons. The first-order chi connectivity index (χ1) is 10.7. The number of nitrogens with zero attached hydrogens (tertiary/aromatic N) is 1. The molecule has 0 aliphatic rings. The molecule has 1 atom stereocenters. The van der Waals surface area contributed by atoms with Crippen LogP contribution in [-0.2, 0) is 6.42 Å². The lowest BCUT2D eigenvalue weighted by Gasteiger charge is -2.12. The van der Waals surface area contributed by atoms with Gasteiger partial charge in [0.05, 0.1) is 0 Å². The molecule has 2 heteroatoms. The molecule has 0 aliphatic heterocycles. The number of aryl methyl sites for hydroxylation is 1. The molecule has 0 fully saturated rings. The summed E-state index contributed by atoms with van der Waals surface area (Å²) in [5.41, 5.74) is 12.3. The van der Waals surface area contributed by atoms with Gasteiger partial charge in [-0.25, -0.2) is 0 Å². The summed E-state index contributed by atoms with van der Waals surface area (Å²) in [7, 11) is 0. The second-order valence-corrected chi connectivity index (χ2v) is 5.66. The van der Waals surface area contributed by atoms with Crippen molar-refractivity contribution in [3.05, 3.63) is 89.7 Å².